The zero-order chi connectivity index (χ0) is 47.8. The molecular formula is C45H49ClF2N8O11. The smallest absolute Gasteiger partial charge is 0.262 e. The second-order valence-corrected chi connectivity index (χ2v) is 16.2. The normalized spacial score (nSPS) is 16.1. The van der Waals surface area contributed by atoms with Crippen molar-refractivity contribution in [2.24, 2.45) is 0 Å². The molecule has 4 heterocycles. The maximum absolute atomic E-state index is 16.4. The predicted octanol–water partition coefficient (Wildman–Crippen LogP) is 3.39. The van der Waals surface area contributed by atoms with Gasteiger partial charge in [-0.3, -0.25) is 39.0 Å². The van der Waals surface area contributed by atoms with E-state index in [4.69, 9.17) is 30.5 Å². The number of aromatic nitrogens is 2. The zero-order valence-electron chi connectivity index (χ0n) is 36.8. The minimum atomic E-state index is -1.05. The number of fused-ring (bicyclic) bond motifs is 2. The molecule has 67 heavy (non-hydrogen) atoms. The van der Waals surface area contributed by atoms with Gasteiger partial charge in [0.2, 0.25) is 29.6 Å². The highest BCUT2D eigenvalue weighted by Crippen LogP contribution is 2.42. The van der Waals surface area contributed by atoms with Crippen LogP contribution in [0.4, 0.5) is 20.5 Å². The van der Waals surface area contributed by atoms with Crippen molar-refractivity contribution < 1.29 is 61.6 Å². The van der Waals surface area contributed by atoms with E-state index in [-0.39, 0.29) is 122 Å². The van der Waals surface area contributed by atoms with Crippen LogP contribution in [0.15, 0.2) is 42.5 Å². The molecule has 3 aliphatic heterocycles. The number of aromatic hydroxyl groups is 1. The van der Waals surface area contributed by atoms with E-state index in [2.05, 4.69) is 20.6 Å². The fourth-order valence-electron chi connectivity index (χ4n) is 7.82. The Morgan fingerprint density at radius 1 is 0.896 bits per heavy atom. The van der Waals surface area contributed by atoms with Crippen molar-refractivity contribution in [1.82, 2.24) is 30.0 Å². The molecular weight excluding hydrogens is 902 g/mol. The first-order valence-corrected chi connectivity index (χ1v) is 22.0. The van der Waals surface area contributed by atoms with E-state index in [1.54, 1.807) is 18.0 Å². The van der Waals surface area contributed by atoms with Gasteiger partial charge in [-0.2, -0.15) is 4.98 Å². The van der Waals surface area contributed by atoms with Gasteiger partial charge in [0.1, 0.15) is 41.3 Å². The molecule has 0 spiro atoms. The number of halogens is 3. The van der Waals surface area contributed by atoms with E-state index in [0.717, 1.165) is 11.0 Å². The maximum Gasteiger partial charge on any atom is 0.262 e. The Bertz CT molecular complexity index is 2540. The Morgan fingerprint density at radius 3 is 2.27 bits per heavy atom. The summed E-state index contributed by atoms with van der Waals surface area (Å²) in [5, 5.41) is 15.7. The van der Waals surface area contributed by atoms with Crippen molar-refractivity contribution in [3.05, 3.63) is 70.2 Å². The number of nitrogens with zero attached hydrogens (tertiary/aromatic N) is 6. The molecule has 3 N–H and O–H groups in total. The lowest BCUT2D eigenvalue weighted by Crippen LogP contribution is -2.54. The first-order chi connectivity index (χ1) is 32.2. The molecule has 4 aromatic rings. The van der Waals surface area contributed by atoms with Gasteiger partial charge >= 0.3 is 0 Å². The standard InChI is InChI=1S/C45H49ClF2N8O11/c1-26(57)54-12-14-55(15-13-54)41-30-25-31(46)37(38-32(47)4-3-5-34(38)58)39(48)40(30)51-45(52-41)49-11-10-36(60)53(2)16-17-64-18-19-65-20-21-66-22-23-67-27-6-7-28-29(24-27)44(63)56(43(28)62)33-8-9-35(59)50-42(33)61/h3-7,24-25,33,58H,8-23H2,1-2H3,(H,49,51,52)(H,50,59,61). The number of rotatable bonds is 20. The third kappa shape index (κ3) is 11.2. The summed E-state index contributed by atoms with van der Waals surface area (Å²) >= 11 is 6.55. The predicted molar refractivity (Wildman–Crippen MR) is 238 cm³/mol. The lowest BCUT2D eigenvalue weighted by atomic mass is 10.0. The van der Waals surface area contributed by atoms with Gasteiger partial charge in [0, 0.05) is 77.0 Å². The quantitative estimate of drug-likeness (QED) is 0.0854. The minimum Gasteiger partial charge on any atom is -0.507 e. The molecule has 356 valence electrons. The van der Waals surface area contributed by atoms with E-state index >= 15 is 4.39 Å². The highest BCUT2D eigenvalue weighted by atomic mass is 35.5. The third-order valence-electron chi connectivity index (χ3n) is 11.4. The van der Waals surface area contributed by atoms with Gasteiger partial charge in [0.15, 0.2) is 5.82 Å². The first kappa shape index (κ1) is 48.4. The van der Waals surface area contributed by atoms with Crippen molar-refractivity contribution in [1.29, 1.82) is 0 Å². The van der Waals surface area contributed by atoms with Crippen molar-refractivity contribution in [2.45, 2.75) is 32.2 Å². The number of piperidine rings is 1. The first-order valence-electron chi connectivity index (χ1n) is 21.6. The molecule has 0 radical (unpaired) electrons. The number of nitrogens with one attached hydrogen (secondary N) is 2. The number of imide groups is 2. The van der Waals surface area contributed by atoms with Crippen LogP contribution in [0, 0.1) is 11.6 Å². The molecule has 3 aromatic carbocycles. The number of amides is 6. The van der Waals surface area contributed by atoms with E-state index in [1.165, 1.54) is 42.2 Å². The lowest BCUT2D eigenvalue weighted by molar-refractivity contribution is -0.136. The number of phenolic OH excluding ortho intramolecular Hbond substituents is 1. The summed E-state index contributed by atoms with van der Waals surface area (Å²) in [7, 11) is 1.63. The maximum atomic E-state index is 16.4. The van der Waals surface area contributed by atoms with Crippen LogP contribution in [-0.4, -0.2) is 164 Å². The Labute approximate surface area is 388 Å². The molecule has 0 aliphatic carbocycles. The zero-order valence-corrected chi connectivity index (χ0v) is 37.5. The summed E-state index contributed by atoms with van der Waals surface area (Å²) in [4.78, 5) is 89.6. The molecule has 2 saturated heterocycles. The monoisotopic (exact) mass is 950 g/mol. The van der Waals surface area contributed by atoms with Gasteiger partial charge in [-0.15, -0.1) is 0 Å². The average Bonchev–Trinajstić information content (AvgIpc) is 3.54. The van der Waals surface area contributed by atoms with Crippen LogP contribution in [0.2, 0.25) is 5.02 Å². The van der Waals surface area contributed by atoms with Gasteiger partial charge in [-0.1, -0.05) is 17.7 Å². The Kier molecular flexibility index (Phi) is 15.8. The highest BCUT2D eigenvalue weighted by molar-refractivity contribution is 6.34. The SMILES string of the molecule is CC(=O)N1CCN(c2nc(NCCC(=O)N(C)CCOCCOCCOCCOc3ccc4c(c3)C(=O)N(C3CCC(=O)NC3=O)C4=O)nc3c(F)c(-c4c(O)cccc4F)c(Cl)cc23)CC1. The van der Waals surface area contributed by atoms with Crippen molar-refractivity contribution >= 4 is 69.7 Å². The molecule has 0 bridgehead atoms. The van der Waals surface area contributed by atoms with Crippen molar-refractivity contribution in [2.75, 3.05) is 103 Å². The number of hydrogen-bond donors (Lipinski definition) is 3. The van der Waals surface area contributed by atoms with Gasteiger partial charge in [-0.05, 0) is 42.8 Å². The van der Waals surface area contributed by atoms with Crippen LogP contribution >= 0.6 is 11.6 Å². The van der Waals surface area contributed by atoms with Crippen molar-refractivity contribution in [3.8, 4) is 22.6 Å². The molecule has 1 unspecified atom stereocenters. The molecule has 1 atom stereocenters. The van der Waals surface area contributed by atoms with E-state index < -0.39 is 52.6 Å². The summed E-state index contributed by atoms with van der Waals surface area (Å²) in [6.45, 7) is 5.21. The number of benzene rings is 3. The Morgan fingerprint density at radius 2 is 1.58 bits per heavy atom. The molecule has 2 fully saturated rings. The summed E-state index contributed by atoms with van der Waals surface area (Å²) in [6.07, 6.45) is 0.135. The van der Waals surface area contributed by atoms with Crippen LogP contribution in [0.25, 0.3) is 22.0 Å². The Balaban J connectivity index is 0.803. The summed E-state index contributed by atoms with van der Waals surface area (Å²) in [6, 6.07) is 8.44. The molecule has 19 nitrogen and oxygen atoms in total. The number of anilines is 2. The second kappa shape index (κ2) is 21.8. The fraction of sp³-hybridized carbons (Fsp3) is 0.422. The van der Waals surface area contributed by atoms with Gasteiger partial charge < -0.3 is 44.1 Å². The van der Waals surface area contributed by atoms with E-state index in [1.807, 2.05) is 4.90 Å². The number of piperazine rings is 1. The fourth-order valence-corrected chi connectivity index (χ4v) is 8.11. The average molecular weight is 951 g/mol. The molecule has 22 heteroatoms. The summed E-state index contributed by atoms with van der Waals surface area (Å²) < 4.78 is 53.7. The molecule has 0 saturated carbocycles. The number of carbonyl (C=O) groups excluding carboxylic acids is 6. The molecule has 7 rings (SSSR count). The second-order valence-electron chi connectivity index (χ2n) is 15.8. The van der Waals surface area contributed by atoms with Crippen LogP contribution in [0.3, 0.4) is 0 Å². The van der Waals surface area contributed by atoms with Crippen molar-refractivity contribution in [3.63, 3.8) is 0 Å². The van der Waals surface area contributed by atoms with Gasteiger partial charge in [0.05, 0.1) is 61.4 Å². The summed E-state index contributed by atoms with van der Waals surface area (Å²) in [5.41, 5.74) is -0.674. The Hall–Kier alpha value is -6.55. The van der Waals surface area contributed by atoms with Crippen LogP contribution in [0.1, 0.15) is 46.9 Å². The number of hydrogen-bond acceptors (Lipinski definition) is 15. The summed E-state index contributed by atoms with van der Waals surface area (Å²) in [5.74, 6) is -4.28. The number of phenols is 1. The van der Waals surface area contributed by atoms with E-state index in [9.17, 15) is 38.3 Å². The minimum absolute atomic E-state index is 0.00935. The molecule has 3 aliphatic rings. The highest BCUT2D eigenvalue weighted by Gasteiger charge is 2.44. The number of ether oxygens (including phenoxy) is 4. The van der Waals surface area contributed by atoms with Crippen LogP contribution in [-0.2, 0) is 33.4 Å². The topological polar surface area (TPSA) is 222 Å². The lowest BCUT2D eigenvalue weighted by Gasteiger charge is -2.35. The molecule has 6 amide bonds. The number of carbonyl (C=O) groups is 6. The van der Waals surface area contributed by atoms with Gasteiger partial charge in [0.25, 0.3) is 11.8 Å². The largest absolute Gasteiger partial charge is 0.507 e. The third-order valence-corrected chi connectivity index (χ3v) is 11.7. The van der Waals surface area contributed by atoms with Crippen LogP contribution < -0.4 is 20.3 Å². The van der Waals surface area contributed by atoms with E-state index in [0.29, 0.717) is 44.3 Å². The number of likely N-dealkylation sites (N-methyl/N-ethyl adjacent to an activating group) is 1. The van der Waals surface area contributed by atoms with Crippen LogP contribution in [0.5, 0.6) is 11.5 Å². The molecule has 1 aromatic heterocycles. The van der Waals surface area contributed by atoms with Gasteiger partial charge in [-0.25, -0.2) is 13.8 Å².